The Morgan fingerprint density at radius 1 is 1.27 bits per heavy atom. The van der Waals surface area contributed by atoms with Crippen molar-refractivity contribution >= 4 is 13.9 Å². The van der Waals surface area contributed by atoms with E-state index in [1.165, 1.54) is 5.20 Å². The second-order valence-corrected chi connectivity index (χ2v) is 9.26. The molecular weight excluding hydrogens is 152 g/mol. The normalized spacial score (nSPS) is 11.3. The van der Waals surface area contributed by atoms with Gasteiger partial charge in [0.2, 0.25) is 0 Å². The number of rotatable bonds is 4. The summed E-state index contributed by atoms with van der Waals surface area (Å²) in [4.78, 5) is 10.6. The van der Waals surface area contributed by atoms with Crippen molar-refractivity contribution in [2.24, 2.45) is 0 Å². The third kappa shape index (κ3) is 4.96. The highest BCUT2D eigenvalue weighted by molar-refractivity contribution is 6.82. The van der Waals surface area contributed by atoms with Crippen LogP contribution < -0.4 is 0 Å². The summed E-state index contributed by atoms with van der Waals surface area (Å²) in [7, 11) is -1.17. The molecule has 1 nitrogen and oxygen atoms in total. The molecule has 0 aliphatic heterocycles. The van der Waals surface area contributed by atoms with Gasteiger partial charge in [-0.25, -0.2) is 0 Å². The minimum absolute atomic E-state index is 0.268. The molecule has 64 valence electrons. The molecule has 2 heteroatoms. The molecule has 0 aliphatic carbocycles. The molecule has 0 aromatic rings. The first-order valence-electron chi connectivity index (χ1n) is 4.01. The van der Waals surface area contributed by atoms with Crippen LogP contribution in [0.25, 0.3) is 0 Å². The van der Waals surface area contributed by atoms with E-state index in [2.05, 4.69) is 26.2 Å². The van der Waals surface area contributed by atoms with Crippen LogP contribution in [0, 0.1) is 0 Å². The van der Waals surface area contributed by atoms with Crippen LogP contribution in [0.4, 0.5) is 0 Å². The van der Waals surface area contributed by atoms with Crippen molar-refractivity contribution in [1.82, 2.24) is 0 Å². The number of allylic oxidation sites excluding steroid dienone is 1. The van der Waals surface area contributed by atoms with Crippen LogP contribution in [-0.4, -0.2) is 13.9 Å². The van der Waals surface area contributed by atoms with Crippen LogP contribution >= 0.6 is 0 Å². The van der Waals surface area contributed by atoms with Crippen LogP contribution in [0.15, 0.2) is 11.8 Å². The molecule has 0 atom stereocenters. The smallest absolute Gasteiger partial charge is 0.130 e. The van der Waals surface area contributed by atoms with E-state index >= 15 is 0 Å². The Morgan fingerprint density at radius 3 is 2.00 bits per heavy atom. The van der Waals surface area contributed by atoms with Gasteiger partial charge in [-0.15, -0.1) is 6.58 Å². The summed E-state index contributed by atoms with van der Waals surface area (Å²) in [6.07, 6.45) is 1.56. The third-order valence-corrected chi connectivity index (χ3v) is 4.21. The minimum Gasteiger partial charge on any atom is -0.300 e. The summed E-state index contributed by atoms with van der Waals surface area (Å²) in [5.41, 5.74) is 0. The quantitative estimate of drug-likeness (QED) is 0.593. The fourth-order valence-electron chi connectivity index (χ4n) is 0.702. The zero-order valence-electron chi connectivity index (χ0n) is 8.03. The standard InChI is InChI=1S/C9H18OSi/c1-8(10)6-7-9(2)11(3,4)5/h2,6-7H2,1,3-5H3. The van der Waals surface area contributed by atoms with Gasteiger partial charge in [-0.05, 0) is 13.3 Å². The first-order chi connectivity index (χ1) is 4.84. The van der Waals surface area contributed by atoms with Gasteiger partial charge in [0.05, 0.1) is 8.07 Å². The van der Waals surface area contributed by atoms with E-state index in [9.17, 15) is 4.79 Å². The van der Waals surface area contributed by atoms with Crippen molar-refractivity contribution in [2.75, 3.05) is 0 Å². The molecule has 0 rings (SSSR count). The Labute approximate surface area is 70.5 Å². The van der Waals surface area contributed by atoms with Crippen LogP contribution in [0.1, 0.15) is 19.8 Å². The van der Waals surface area contributed by atoms with E-state index in [0.717, 1.165) is 6.42 Å². The van der Waals surface area contributed by atoms with Gasteiger partial charge in [-0.1, -0.05) is 24.8 Å². The van der Waals surface area contributed by atoms with Crippen molar-refractivity contribution in [3.63, 3.8) is 0 Å². The lowest BCUT2D eigenvalue weighted by molar-refractivity contribution is -0.116. The summed E-state index contributed by atoms with van der Waals surface area (Å²) in [6.45, 7) is 12.4. The number of ketones is 1. The monoisotopic (exact) mass is 170 g/mol. The SMILES string of the molecule is C=C(CCC(C)=O)[Si](C)(C)C. The molecule has 0 amide bonds. The maximum atomic E-state index is 10.6. The van der Waals surface area contributed by atoms with Gasteiger partial charge in [-0.2, -0.15) is 0 Å². The Hall–Kier alpha value is -0.373. The number of hydrogen-bond acceptors (Lipinski definition) is 1. The van der Waals surface area contributed by atoms with Crippen molar-refractivity contribution < 1.29 is 4.79 Å². The zero-order chi connectivity index (χ0) is 9.07. The molecule has 0 aromatic heterocycles. The van der Waals surface area contributed by atoms with Gasteiger partial charge >= 0.3 is 0 Å². The molecule has 0 saturated carbocycles. The Balaban J connectivity index is 3.80. The highest BCUT2D eigenvalue weighted by Crippen LogP contribution is 2.17. The van der Waals surface area contributed by atoms with Gasteiger partial charge in [0, 0.05) is 6.42 Å². The first kappa shape index (κ1) is 10.6. The van der Waals surface area contributed by atoms with Crippen LogP contribution in [0.5, 0.6) is 0 Å². The number of hydrogen-bond donors (Lipinski definition) is 0. The summed E-state index contributed by atoms with van der Waals surface area (Å²) in [5.74, 6) is 0.268. The van der Waals surface area contributed by atoms with E-state index < -0.39 is 8.07 Å². The Morgan fingerprint density at radius 2 is 1.73 bits per heavy atom. The summed E-state index contributed by atoms with van der Waals surface area (Å²) in [5, 5.41) is 1.30. The van der Waals surface area contributed by atoms with E-state index in [1.54, 1.807) is 6.92 Å². The Kier molecular flexibility index (Phi) is 3.73. The van der Waals surface area contributed by atoms with Gasteiger partial charge < -0.3 is 4.79 Å². The molecule has 0 aromatic carbocycles. The predicted molar refractivity (Wildman–Crippen MR) is 52.4 cm³/mol. The van der Waals surface area contributed by atoms with Gasteiger partial charge in [-0.3, -0.25) is 0 Å². The van der Waals surface area contributed by atoms with Gasteiger partial charge in [0.1, 0.15) is 5.78 Å². The molecule has 0 heterocycles. The molecule has 0 N–H and O–H groups in total. The molecule has 0 fully saturated rings. The molecule has 0 aliphatic rings. The molecule has 0 radical (unpaired) electrons. The maximum Gasteiger partial charge on any atom is 0.130 e. The van der Waals surface area contributed by atoms with Crippen LogP contribution in [0.2, 0.25) is 19.6 Å². The van der Waals surface area contributed by atoms with Crippen molar-refractivity contribution in [3.8, 4) is 0 Å². The molecule has 0 spiro atoms. The third-order valence-electron chi connectivity index (χ3n) is 1.84. The number of carbonyl (C=O) groups is 1. The summed E-state index contributed by atoms with van der Waals surface area (Å²) >= 11 is 0. The average molecular weight is 170 g/mol. The molecular formula is C9H18OSi. The average Bonchev–Trinajstić information content (AvgIpc) is 1.80. The highest BCUT2D eigenvalue weighted by atomic mass is 28.3. The fraction of sp³-hybridized carbons (Fsp3) is 0.667. The minimum atomic E-state index is -1.17. The summed E-state index contributed by atoms with van der Waals surface area (Å²) < 4.78 is 0. The van der Waals surface area contributed by atoms with Gasteiger partial charge in [0.15, 0.2) is 0 Å². The predicted octanol–water partition coefficient (Wildman–Crippen LogP) is 2.79. The van der Waals surface area contributed by atoms with E-state index in [4.69, 9.17) is 0 Å². The van der Waals surface area contributed by atoms with Crippen molar-refractivity contribution in [3.05, 3.63) is 11.8 Å². The topological polar surface area (TPSA) is 17.1 Å². The maximum absolute atomic E-state index is 10.6. The second kappa shape index (κ2) is 3.86. The van der Waals surface area contributed by atoms with Crippen molar-refractivity contribution in [1.29, 1.82) is 0 Å². The lowest BCUT2D eigenvalue weighted by Crippen LogP contribution is -2.23. The fourth-order valence-corrected chi connectivity index (χ4v) is 1.58. The second-order valence-electron chi connectivity index (χ2n) is 4.06. The summed E-state index contributed by atoms with van der Waals surface area (Å²) in [6, 6.07) is 0. The Bertz CT molecular complexity index is 165. The number of carbonyl (C=O) groups excluding carboxylic acids is 1. The lowest BCUT2D eigenvalue weighted by atomic mass is 10.2. The van der Waals surface area contributed by atoms with E-state index in [-0.39, 0.29) is 5.78 Å². The van der Waals surface area contributed by atoms with Crippen molar-refractivity contribution in [2.45, 2.75) is 39.4 Å². The number of Topliss-reactive ketones (excluding diaryl/α,β-unsaturated/α-hetero) is 1. The zero-order valence-corrected chi connectivity index (χ0v) is 9.03. The molecule has 11 heavy (non-hydrogen) atoms. The van der Waals surface area contributed by atoms with Gasteiger partial charge in [0.25, 0.3) is 0 Å². The largest absolute Gasteiger partial charge is 0.300 e. The molecule has 0 bridgehead atoms. The lowest BCUT2D eigenvalue weighted by Gasteiger charge is -2.18. The first-order valence-corrected chi connectivity index (χ1v) is 7.51. The highest BCUT2D eigenvalue weighted by Gasteiger charge is 2.16. The van der Waals surface area contributed by atoms with E-state index in [1.807, 2.05) is 0 Å². The van der Waals surface area contributed by atoms with Crippen LogP contribution in [0.3, 0.4) is 0 Å². The molecule has 0 unspecified atom stereocenters. The van der Waals surface area contributed by atoms with Crippen LogP contribution in [-0.2, 0) is 4.79 Å². The molecule has 0 saturated heterocycles. The van der Waals surface area contributed by atoms with E-state index in [0.29, 0.717) is 6.42 Å².